The lowest BCUT2D eigenvalue weighted by Gasteiger charge is -2.36. The number of fused-ring (bicyclic) bond motifs is 1. The van der Waals surface area contributed by atoms with Gasteiger partial charge < -0.3 is 14.8 Å². The summed E-state index contributed by atoms with van der Waals surface area (Å²) in [6, 6.07) is 15.4. The number of H-pyrrole nitrogens is 1. The largest absolute Gasteiger partial charge is 0.345 e. The van der Waals surface area contributed by atoms with Gasteiger partial charge in [0.25, 0.3) is 5.91 Å². The van der Waals surface area contributed by atoms with Crippen molar-refractivity contribution in [2.24, 2.45) is 0 Å². The van der Waals surface area contributed by atoms with Gasteiger partial charge in [-0.05, 0) is 30.2 Å². The van der Waals surface area contributed by atoms with Crippen molar-refractivity contribution in [3.8, 4) is 0 Å². The Labute approximate surface area is 164 Å². The van der Waals surface area contributed by atoms with Crippen molar-refractivity contribution in [1.29, 1.82) is 0 Å². The molecule has 0 saturated carbocycles. The molecule has 6 nitrogen and oxygen atoms in total. The molecule has 1 aromatic heterocycles. The van der Waals surface area contributed by atoms with Gasteiger partial charge >= 0.3 is 0 Å². The molecule has 1 unspecified atom stereocenters. The predicted molar refractivity (Wildman–Crippen MR) is 108 cm³/mol. The highest BCUT2D eigenvalue weighted by Gasteiger charge is 2.29. The number of nitrogens with zero attached hydrogens (tertiary/aromatic N) is 3. The minimum Gasteiger partial charge on any atom is -0.345 e. The van der Waals surface area contributed by atoms with Crippen molar-refractivity contribution in [2.75, 3.05) is 26.2 Å². The number of benzene rings is 2. The molecule has 0 bridgehead atoms. The molecule has 2 aromatic carbocycles. The van der Waals surface area contributed by atoms with Crippen LogP contribution in [0.5, 0.6) is 0 Å². The van der Waals surface area contributed by atoms with Crippen molar-refractivity contribution in [1.82, 2.24) is 19.8 Å². The summed E-state index contributed by atoms with van der Waals surface area (Å²) in [5.74, 6) is 0.0321. The second-order valence-electron chi connectivity index (χ2n) is 7.12. The van der Waals surface area contributed by atoms with Crippen LogP contribution < -0.4 is 0 Å². The van der Waals surface area contributed by atoms with Gasteiger partial charge in [0.2, 0.25) is 5.91 Å². The summed E-state index contributed by atoms with van der Waals surface area (Å²) in [5, 5.41) is 0. The second-order valence-corrected chi connectivity index (χ2v) is 7.12. The van der Waals surface area contributed by atoms with Crippen molar-refractivity contribution in [3.63, 3.8) is 0 Å². The Kier molecular flexibility index (Phi) is 5.10. The quantitative estimate of drug-likeness (QED) is 0.761. The number of amides is 2. The molecule has 0 aliphatic carbocycles. The molecular formula is C22H24N4O2. The van der Waals surface area contributed by atoms with E-state index in [1.165, 1.54) is 0 Å². The van der Waals surface area contributed by atoms with E-state index in [-0.39, 0.29) is 17.7 Å². The lowest BCUT2D eigenvalue weighted by Crippen LogP contribution is -2.51. The highest BCUT2D eigenvalue weighted by molar-refractivity contribution is 5.97. The predicted octanol–water partition coefficient (Wildman–Crippen LogP) is 3.04. The summed E-state index contributed by atoms with van der Waals surface area (Å²) in [6.45, 7) is 4.29. The van der Waals surface area contributed by atoms with Gasteiger partial charge in [-0.2, -0.15) is 0 Å². The van der Waals surface area contributed by atoms with Crippen LogP contribution in [0.2, 0.25) is 0 Å². The zero-order valence-electron chi connectivity index (χ0n) is 16.0. The van der Waals surface area contributed by atoms with E-state index >= 15 is 0 Å². The summed E-state index contributed by atoms with van der Waals surface area (Å²) in [6.07, 6.45) is 2.40. The molecular weight excluding hydrogens is 352 g/mol. The number of aromatic nitrogens is 2. The summed E-state index contributed by atoms with van der Waals surface area (Å²) in [5.41, 5.74) is 3.40. The summed E-state index contributed by atoms with van der Waals surface area (Å²) in [7, 11) is 0. The Morgan fingerprint density at radius 2 is 1.75 bits per heavy atom. The van der Waals surface area contributed by atoms with Gasteiger partial charge in [0, 0.05) is 31.7 Å². The molecule has 144 valence electrons. The standard InChI is InChI=1S/C22H24N4O2/c1-2-18(16-6-4-3-5-7-16)22(28)26-12-10-25(11-13-26)21(27)17-8-9-19-20(14-17)24-15-23-19/h3-9,14-15,18H,2,10-13H2,1H3,(H,23,24). The van der Waals surface area contributed by atoms with E-state index in [1.807, 2.05) is 65.3 Å². The number of hydrogen-bond donors (Lipinski definition) is 1. The van der Waals surface area contributed by atoms with E-state index in [1.54, 1.807) is 6.33 Å². The Hall–Kier alpha value is -3.15. The molecule has 1 fully saturated rings. The first-order valence-corrected chi connectivity index (χ1v) is 9.73. The van der Waals surface area contributed by atoms with Crippen molar-refractivity contribution >= 4 is 22.8 Å². The van der Waals surface area contributed by atoms with E-state index in [2.05, 4.69) is 9.97 Å². The number of hydrogen-bond acceptors (Lipinski definition) is 3. The Morgan fingerprint density at radius 3 is 2.46 bits per heavy atom. The fraction of sp³-hybridized carbons (Fsp3) is 0.318. The van der Waals surface area contributed by atoms with Crippen LogP contribution in [0.15, 0.2) is 54.9 Å². The maximum Gasteiger partial charge on any atom is 0.254 e. The van der Waals surface area contributed by atoms with E-state index in [9.17, 15) is 9.59 Å². The maximum atomic E-state index is 13.0. The number of piperazine rings is 1. The van der Waals surface area contributed by atoms with Gasteiger partial charge in [0.1, 0.15) is 0 Å². The zero-order valence-corrected chi connectivity index (χ0v) is 16.0. The summed E-state index contributed by atoms with van der Waals surface area (Å²) < 4.78 is 0. The van der Waals surface area contributed by atoms with Crippen molar-refractivity contribution < 1.29 is 9.59 Å². The molecule has 0 radical (unpaired) electrons. The highest BCUT2D eigenvalue weighted by Crippen LogP contribution is 2.23. The number of carbonyl (C=O) groups is 2. The average molecular weight is 376 g/mol. The molecule has 0 spiro atoms. The molecule has 1 saturated heterocycles. The number of imidazole rings is 1. The monoisotopic (exact) mass is 376 g/mol. The third-order valence-electron chi connectivity index (χ3n) is 5.45. The molecule has 3 aromatic rings. The van der Waals surface area contributed by atoms with E-state index < -0.39 is 0 Å². The second kappa shape index (κ2) is 7.84. The van der Waals surface area contributed by atoms with Crippen molar-refractivity contribution in [2.45, 2.75) is 19.3 Å². The third-order valence-corrected chi connectivity index (χ3v) is 5.45. The first-order chi connectivity index (χ1) is 13.7. The van der Waals surface area contributed by atoms with Gasteiger partial charge in [-0.15, -0.1) is 0 Å². The molecule has 1 aliphatic heterocycles. The summed E-state index contributed by atoms with van der Waals surface area (Å²) in [4.78, 5) is 36.8. The van der Waals surface area contributed by atoms with Crippen LogP contribution in [0, 0.1) is 0 Å². The van der Waals surface area contributed by atoms with Gasteiger partial charge in [0.05, 0.1) is 23.3 Å². The van der Waals surface area contributed by atoms with Crippen LogP contribution >= 0.6 is 0 Å². The Bertz CT molecular complexity index is 974. The molecule has 1 atom stereocenters. The third kappa shape index (κ3) is 3.50. The Balaban J connectivity index is 1.41. The van der Waals surface area contributed by atoms with Crippen LogP contribution in [-0.2, 0) is 4.79 Å². The maximum absolute atomic E-state index is 13.0. The molecule has 2 heterocycles. The van der Waals surface area contributed by atoms with Crippen LogP contribution in [0.3, 0.4) is 0 Å². The van der Waals surface area contributed by atoms with E-state index in [0.29, 0.717) is 31.7 Å². The van der Waals surface area contributed by atoms with Gasteiger partial charge in [-0.25, -0.2) is 4.98 Å². The first kappa shape index (κ1) is 18.2. The number of aromatic amines is 1. The molecule has 4 rings (SSSR count). The molecule has 28 heavy (non-hydrogen) atoms. The van der Waals surface area contributed by atoms with E-state index in [4.69, 9.17) is 0 Å². The minimum atomic E-state index is -0.119. The number of carbonyl (C=O) groups excluding carboxylic acids is 2. The SMILES string of the molecule is CCC(C(=O)N1CCN(C(=O)c2ccc3nc[nH]c3c2)CC1)c1ccccc1. The number of rotatable bonds is 4. The van der Waals surface area contributed by atoms with Crippen molar-refractivity contribution in [3.05, 3.63) is 66.0 Å². The molecule has 6 heteroatoms. The smallest absolute Gasteiger partial charge is 0.254 e. The first-order valence-electron chi connectivity index (χ1n) is 9.73. The van der Waals surface area contributed by atoms with Gasteiger partial charge in [0.15, 0.2) is 0 Å². The normalized spacial score (nSPS) is 15.6. The van der Waals surface area contributed by atoms with E-state index in [0.717, 1.165) is 23.0 Å². The fourth-order valence-corrected chi connectivity index (χ4v) is 3.84. The van der Waals surface area contributed by atoms with Crippen LogP contribution in [-0.4, -0.2) is 57.8 Å². The lowest BCUT2D eigenvalue weighted by atomic mass is 9.95. The van der Waals surface area contributed by atoms with Crippen LogP contribution in [0.25, 0.3) is 11.0 Å². The minimum absolute atomic E-state index is 0.00120. The molecule has 1 aliphatic rings. The number of nitrogens with one attached hydrogen (secondary N) is 1. The zero-order chi connectivity index (χ0) is 19.5. The Morgan fingerprint density at radius 1 is 1.04 bits per heavy atom. The van der Waals surface area contributed by atoms with Gasteiger partial charge in [-0.1, -0.05) is 37.3 Å². The van der Waals surface area contributed by atoms with Gasteiger partial charge in [-0.3, -0.25) is 9.59 Å². The topological polar surface area (TPSA) is 69.3 Å². The molecule has 2 amide bonds. The molecule has 1 N–H and O–H groups in total. The highest BCUT2D eigenvalue weighted by atomic mass is 16.2. The summed E-state index contributed by atoms with van der Waals surface area (Å²) >= 11 is 0. The lowest BCUT2D eigenvalue weighted by molar-refractivity contribution is -0.134. The van der Waals surface area contributed by atoms with Crippen LogP contribution in [0.1, 0.15) is 35.2 Å². The van der Waals surface area contributed by atoms with Crippen LogP contribution in [0.4, 0.5) is 0 Å². The fourth-order valence-electron chi connectivity index (χ4n) is 3.84. The average Bonchev–Trinajstić information content (AvgIpc) is 3.22.